The van der Waals surface area contributed by atoms with Crippen LogP contribution in [0, 0.1) is 11.8 Å². The van der Waals surface area contributed by atoms with Crippen molar-refractivity contribution in [1.29, 1.82) is 0 Å². The van der Waals surface area contributed by atoms with Crippen LogP contribution in [0.4, 0.5) is 14.6 Å². The van der Waals surface area contributed by atoms with Gasteiger partial charge in [-0.05, 0) is 57.6 Å². The maximum atomic E-state index is 12.7. The number of hydrogen-bond acceptors (Lipinski definition) is 6. The first-order valence-corrected chi connectivity index (χ1v) is 11.5. The second-order valence-electron chi connectivity index (χ2n) is 9.62. The predicted octanol–water partition coefficient (Wildman–Crippen LogP) is 3.92. The zero-order chi connectivity index (χ0) is 22.6. The SMILES string of the molecule is CC(C)n1nc(-c2cnc(N)c(OC(F)F)c2)cc1[C@H]1[C@@H]2CC(N3CCOC[C@@H]3C)C[C@@H]21. The van der Waals surface area contributed by atoms with Gasteiger partial charge in [-0.25, -0.2) is 4.98 Å². The Kier molecular flexibility index (Phi) is 5.57. The summed E-state index contributed by atoms with van der Waals surface area (Å²) in [7, 11) is 0. The number of hydrogen-bond donors (Lipinski definition) is 1. The third-order valence-electron chi connectivity index (χ3n) is 7.30. The van der Waals surface area contributed by atoms with Crippen molar-refractivity contribution in [3.05, 3.63) is 24.0 Å². The molecule has 2 aliphatic carbocycles. The minimum absolute atomic E-state index is 0.0577. The van der Waals surface area contributed by atoms with Gasteiger partial charge in [0.15, 0.2) is 11.6 Å². The molecular weight excluding hydrogens is 416 g/mol. The van der Waals surface area contributed by atoms with Gasteiger partial charge >= 0.3 is 6.61 Å². The molecule has 174 valence electrons. The number of morpholine rings is 1. The average molecular weight is 448 g/mol. The van der Waals surface area contributed by atoms with Crippen LogP contribution in [-0.4, -0.2) is 58.1 Å². The van der Waals surface area contributed by atoms with Gasteiger partial charge in [0, 0.05) is 48.0 Å². The first-order valence-electron chi connectivity index (χ1n) is 11.5. The van der Waals surface area contributed by atoms with Crippen molar-refractivity contribution in [2.75, 3.05) is 25.5 Å². The van der Waals surface area contributed by atoms with Crippen LogP contribution in [0.1, 0.15) is 51.3 Å². The van der Waals surface area contributed by atoms with E-state index in [1.807, 2.05) is 0 Å². The molecule has 5 atom stereocenters. The van der Waals surface area contributed by atoms with Gasteiger partial charge in [0.05, 0.1) is 18.9 Å². The zero-order valence-corrected chi connectivity index (χ0v) is 18.7. The van der Waals surface area contributed by atoms with Crippen LogP contribution in [0.5, 0.6) is 5.75 Å². The van der Waals surface area contributed by atoms with E-state index in [0.717, 1.165) is 19.8 Å². The van der Waals surface area contributed by atoms with Gasteiger partial charge in [-0.1, -0.05) is 0 Å². The maximum absolute atomic E-state index is 12.7. The fourth-order valence-electron chi connectivity index (χ4n) is 5.80. The number of aromatic nitrogens is 3. The number of ether oxygens (including phenoxy) is 2. The number of halogens is 2. The summed E-state index contributed by atoms with van der Waals surface area (Å²) in [6.07, 6.45) is 4.00. The highest BCUT2D eigenvalue weighted by Gasteiger charge is 2.59. The summed E-state index contributed by atoms with van der Waals surface area (Å²) in [5.41, 5.74) is 8.26. The van der Waals surface area contributed by atoms with Crippen molar-refractivity contribution >= 4 is 5.82 Å². The number of nitrogen functional groups attached to an aromatic ring is 1. The van der Waals surface area contributed by atoms with E-state index in [1.54, 1.807) is 6.20 Å². The molecule has 0 aromatic carbocycles. The number of anilines is 1. The van der Waals surface area contributed by atoms with E-state index in [2.05, 4.69) is 46.1 Å². The Labute approximate surface area is 186 Å². The molecule has 0 radical (unpaired) electrons. The predicted molar refractivity (Wildman–Crippen MR) is 117 cm³/mol. The van der Waals surface area contributed by atoms with Crippen molar-refractivity contribution in [3.8, 4) is 17.0 Å². The summed E-state index contributed by atoms with van der Waals surface area (Å²) in [6.45, 7) is 6.21. The Bertz CT molecular complexity index is 969. The normalized spacial score (nSPS) is 30.2. The van der Waals surface area contributed by atoms with Crippen molar-refractivity contribution in [2.45, 2.75) is 64.3 Å². The van der Waals surface area contributed by atoms with Gasteiger partial charge in [0.25, 0.3) is 0 Å². The summed E-state index contributed by atoms with van der Waals surface area (Å²) in [6, 6.07) is 4.92. The number of rotatable bonds is 6. The van der Waals surface area contributed by atoms with Crippen molar-refractivity contribution < 1.29 is 18.3 Å². The van der Waals surface area contributed by atoms with Gasteiger partial charge < -0.3 is 15.2 Å². The number of fused-ring (bicyclic) bond motifs is 1. The number of alkyl halides is 2. The van der Waals surface area contributed by atoms with Gasteiger partial charge in [-0.3, -0.25) is 9.58 Å². The van der Waals surface area contributed by atoms with Crippen LogP contribution in [-0.2, 0) is 4.74 Å². The zero-order valence-electron chi connectivity index (χ0n) is 18.7. The lowest BCUT2D eigenvalue weighted by atomic mass is 10.0. The Morgan fingerprint density at radius 1 is 1.22 bits per heavy atom. The summed E-state index contributed by atoms with van der Waals surface area (Å²) >= 11 is 0. The van der Waals surface area contributed by atoms with Gasteiger partial charge in [-0.2, -0.15) is 13.9 Å². The maximum Gasteiger partial charge on any atom is 0.387 e. The highest BCUT2D eigenvalue weighted by molar-refractivity contribution is 5.64. The molecule has 32 heavy (non-hydrogen) atoms. The van der Waals surface area contributed by atoms with Gasteiger partial charge in [-0.15, -0.1) is 0 Å². The highest BCUT2D eigenvalue weighted by atomic mass is 19.3. The van der Waals surface area contributed by atoms with Crippen LogP contribution in [0.2, 0.25) is 0 Å². The summed E-state index contributed by atoms with van der Waals surface area (Å²) in [4.78, 5) is 6.66. The van der Waals surface area contributed by atoms with Crippen molar-refractivity contribution in [2.24, 2.45) is 11.8 Å². The van der Waals surface area contributed by atoms with Gasteiger partial charge in [0.2, 0.25) is 0 Å². The van der Waals surface area contributed by atoms with E-state index in [9.17, 15) is 8.78 Å². The summed E-state index contributed by atoms with van der Waals surface area (Å²) < 4.78 is 37.6. The Morgan fingerprint density at radius 2 is 1.97 bits per heavy atom. The van der Waals surface area contributed by atoms with Crippen LogP contribution < -0.4 is 10.5 Å². The van der Waals surface area contributed by atoms with Crippen LogP contribution in [0.15, 0.2) is 18.3 Å². The molecule has 5 rings (SSSR count). The van der Waals surface area contributed by atoms with E-state index in [1.165, 1.54) is 24.6 Å². The highest BCUT2D eigenvalue weighted by Crippen LogP contribution is 2.64. The van der Waals surface area contributed by atoms with Gasteiger partial charge in [0.1, 0.15) is 0 Å². The average Bonchev–Trinajstić information content (AvgIpc) is 3.09. The minimum Gasteiger partial charge on any atom is -0.431 e. The standard InChI is InChI=1S/C23H31F2N5O2/c1-12(2)30-19(9-18(28-30)14-6-20(32-23(24)25)22(26)27-10-14)21-16-7-15(8-17(16)21)29-4-5-31-11-13(29)3/h6,9-10,12-13,15-17,21,23H,4-5,7-8,11H2,1-3H3,(H2,26,27)/t13-,15?,16-,17+,21+/m0/s1. The Morgan fingerprint density at radius 3 is 2.62 bits per heavy atom. The molecule has 2 aromatic rings. The fourth-order valence-corrected chi connectivity index (χ4v) is 5.80. The third-order valence-corrected chi connectivity index (χ3v) is 7.30. The first kappa shape index (κ1) is 21.6. The molecule has 1 saturated heterocycles. The number of nitrogens with two attached hydrogens (primary N) is 1. The lowest BCUT2D eigenvalue weighted by molar-refractivity contribution is -0.0494. The lowest BCUT2D eigenvalue weighted by Crippen LogP contribution is -2.49. The van der Waals surface area contributed by atoms with E-state index >= 15 is 0 Å². The van der Waals surface area contributed by atoms with E-state index in [0.29, 0.717) is 41.1 Å². The molecule has 3 heterocycles. The lowest BCUT2D eigenvalue weighted by Gasteiger charge is -2.38. The van der Waals surface area contributed by atoms with Crippen molar-refractivity contribution in [1.82, 2.24) is 19.7 Å². The molecule has 1 aliphatic heterocycles. The molecule has 2 saturated carbocycles. The Balaban J connectivity index is 1.36. The number of pyridine rings is 1. The summed E-state index contributed by atoms with van der Waals surface area (Å²) in [5.74, 6) is 1.69. The molecule has 0 amide bonds. The molecule has 0 bridgehead atoms. The largest absolute Gasteiger partial charge is 0.431 e. The molecule has 7 nitrogen and oxygen atoms in total. The second-order valence-corrected chi connectivity index (χ2v) is 9.62. The number of nitrogens with zero attached hydrogens (tertiary/aromatic N) is 4. The van der Waals surface area contributed by atoms with Crippen molar-refractivity contribution in [3.63, 3.8) is 0 Å². The molecule has 3 aliphatic rings. The quantitative estimate of drug-likeness (QED) is 0.723. The van der Waals surface area contributed by atoms with Crippen LogP contribution in [0.25, 0.3) is 11.3 Å². The van der Waals surface area contributed by atoms with Crippen LogP contribution in [0.3, 0.4) is 0 Å². The molecule has 2 N–H and O–H groups in total. The smallest absolute Gasteiger partial charge is 0.387 e. The monoisotopic (exact) mass is 447 g/mol. The first-order chi connectivity index (χ1) is 15.3. The minimum atomic E-state index is -2.95. The fraction of sp³-hybridized carbons (Fsp3) is 0.652. The topological polar surface area (TPSA) is 78.4 Å². The van der Waals surface area contributed by atoms with E-state index < -0.39 is 6.61 Å². The molecular formula is C23H31F2N5O2. The second kappa shape index (κ2) is 8.26. The third kappa shape index (κ3) is 3.85. The van der Waals surface area contributed by atoms with E-state index in [-0.39, 0.29) is 17.6 Å². The summed E-state index contributed by atoms with van der Waals surface area (Å²) in [5, 5.41) is 4.81. The van der Waals surface area contributed by atoms with Crippen LogP contribution >= 0.6 is 0 Å². The van der Waals surface area contributed by atoms with E-state index in [4.69, 9.17) is 15.6 Å². The Hall–Kier alpha value is -2.26. The molecule has 9 heteroatoms. The molecule has 3 fully saturated rings. The molecule has 1 unspecified atom stereocenters. The molecule has 0 spiro atoms. The molecule has 2 aromatic heterocycles.